The van der Waals surface area contributed by atoms with Gasteiger partial charge in [-0.1, -0.05) is 0 Å². The summed E-state index contributed by atoms with van der Waals surface area (Å²) in [4.78, 5) is 11.7. The lowest BCUT2D eigenvalue weighted by Crippen LogP contribution is -2.19. The van der Waals surface area contributed by atoms with E-state index >= 15 is 0 Å². The molecule has 19 heavy (non-hydrogen) atoms. The largest absolute Gasteiger partial charge is 0.382 e. The van der Waals surface area contributed by atoms with Crippen LogP contribution in [0.5, 0.6) is 0 Å². The number of rotatable bonds is 7. The monoisotopic (exact) mass is 287 g/mol. The number of amides is 1. The number of anilines is 1. The van der Waals surface area contributed by atoms with Gasteiger partial charge < -0.3 is 14.8 Å². The molecule has 0 radical (unpaired) electrons. The van der Waals surface area contributed by atoms with Crippen molar-refractivity contribution in [2.75, 3.05) is 38.5 Å². The van der Waals surface area contributed by atoms with Crippen LogP contribution in [0, 0.1) is 0 Å². The number of benzene rings is 1. The van der Waals surface area contributed by atoms with E-state index < -0.39 is 9.84 Å². The first-order valence-corrected chi connectivity index (χ1v) is 7.49. The van der Waals surface area contributed by atoms with E-state index in [1.165, 1.54) is 24.3 Å². The minimum Gasteiger partial charge on any atom is -0.382 e. The molecule has 0 saturated heterocycles. The number of carbonyl (C=O) groups is 1. The van der Waals surface area contributed by atoms with Gasteiger partial charge in [-0.2, -0.15) is 0 Å². The molecule has 7 heteroatoms. The Labute approximate surface area is 112 Å². The molecule has 0 aliphatic carbocycles. The zero-order valence-corrected chi connectivity index (χ0v) is 11.7. The van der Waals surface area contributed by atoms with E-state index in [4.69, 9.17) is 9.47 Å². The van der Waals surface area contributed by atoms with Crippen LogP contribution in [-0.2, 0) is 24.1 Å². The SMILES string of the molecule is COCCOCC(=O)Nc1ccc(S(C)(=O)=O)cc1. The number of carbonyl (C=O) groups excluding carboxylic acids is 1. The zero-order chi connectivity index (χ0) is 14.3. The fourth-order valence-corrected chi connectivity index (χ4v) is 1.92. The fourth-order valence-electron chi connectivity index (χ4n) is 1.29. The molecule has 0 bridgehead atoms. The Hall–Kier alpha value is -1.44. The van der Waals surface area contributed by atoms with Crippen molar-refractivity contribution in [2.24, 2.45) is 0 Å². The van der Waals surface area contributed by atoms with Gasteiger partial charge in [0.15, 0.2) is 9.84 Å². The van der Waals surface area contributed by atoms with Crippen LogP contribution in [0.4, 0.5) is 5.69 Å². The second-order valence-corrected chi connectivity index (χ2v) is 5.91. The van der Waals surface area contributed by atoms with Crippen molar-refractivity contribution in [1.82, 2.24) is 0 Å². The molecule has 0 saturated carbocycles. The minimum absolute atomic E-state index is 0.0722. The van der Waals surface area contributed by atoms with E-state index in [0.717, 1.165) is 6.26 Å². The Balaban J connectivity index is 2.47. The first kappa shape index (κ1) is 15.6. The molecule has 1 amide bonds. The summed E-state index contributed by atoms with van der Waals surface area (Å²) >= 11 is 0. The number of ether oxygens (including phenoxy) is 2. The first-order valence-electron chi connectivity index (χ1n) is 5.60. The van der Waals surface area contributed by atoms with Gasteiger partial charge in [-0.25, -0.2) is 8.42 Å². The molecule has 6 nitrogen and oxygen atoms in total. The highest BCUT2D eigenvalue weighted by Crippen LogP contribution is 2.13. The number of nitrogens with one attached hydrogen (secondary N) is 1. The maximum absolute atomic E-state index is 11.5. The van der Waals surface area contributed by atoms with Gasteiger partial charge in [0.1, 0.15) is 6.61 Å². The maximum Gasteiger partial charge on any atom is 0.250 e. The quantitative estimate of drug-likeness (QED) is 0.746. The van der Waals surface area contributed by atoms with Crippen LogP contribution >= 0.6 is 0 Å². The molecular formula is C12H17NO5S. The van der Waals surface area contributed by atoms with Gasteiger partial charge >= 0.3 is 0 Å². The molecule has 0 aromatic heterocycles. The van der Waals surface area contributed by atoms with Crippen LogP contribution in [0.15, 0.2) is 29.2 Å². The number of hydrogen-bond donors (Lipinski definition) is 1. The summed E-state index contributed by atoms with van der Waals surface area (Å²) in [5.41, 5.74) is 0.521. The molecule has 1 aromatic carbocycles. The normalized spacial score (nSPS) is 11.3. The topological polar surface area (TPSA) is 81.7 Å². The lowest BCUT2D eigenvalue weighted by molar-refractivity contribution is -0.121. The van der Waals surface area contributed by atoms with Gasteiger partial charge in [0.25, 0.3) is 0 Å². The summed E-state index contributed by atoms with van der Waals surface area (Å²) in [5.74, 6) is -0.303. The van der Waals surface area contributed by atoms with E-state index in [2.05, 4.69) is 5.32 Å². The molecule has 0 fully saturated rings. The smallest absolute Gasteiger partial charge is 0.250 e. The molecule has 0 aliphatic rings. The molecule has 1 N–H and O–H groups in total. The van der Waals surface area contributed by atoms with Gasteiger partial charge in [-0.15, -0.1) is 0 Å². The predicted octanol–water partition coefficient (Wildman–Crippen LogP) is 0.692. The second kappa shape index (κ2) is 7.22. The van der Waals surface area contributed by atoms with Crippen molar-refractivity contribution in [3.8, 4) is 0 Å². The highest BCUT2D eigenvalue weighted by atomic mass is 32.2. The van der Waals surface area contributed by atoms with Crippen LogP contribution in [0.1, 0.15) is 0 Å². The number of sulfone groups is 1. The van der Waals surface area contributed by atoms with E-state index in [0.29, 0.717) is 18.9 Å². The molecule has 0 unspecified atom stereocenters. The summed E-state index contributed by atoms with van der Waals surface area (Å²) in [6.07, 6.45) is 1.13. The Bertz CT molecular complexity index is 509. The third-order valence-electron chi connectivity index (χ3n) is 2.23. The molecule has 1 rings (SSSR count). The van der Waals surface area contributed by atoms with Gasteiger partial charge in [0, 0.05) is 19.1 Å². The van der Waals surface area contributed by atoms with Crippen LogP contribution in [0.3, 0.4) is 0 Å². The third kappa shape index (κ3) is 5.82. The molecule has 0 atom stereocenters. The number of hydrogen-bond acceptors (Lipinski definition) is 5. The van der Waals surface area contributed by atoms with Gasteiger partial charge in [0.05, 0.1) is 18.1 Å². The summed E-state index contributed by atoms with van der Waals surface area (Å²) in [7, 11) is -1.67. The van der Waals surface area contributed by atoms with E-state index in [1.54, 1.807) is 7.11 Å². The number of methoxy groups -OCH3 is 1. The van der Waals surface area contributed by atoms with Gasteiger partial charge in [-0.05, 0) is 24.3 Å². The molecule has 106 valence electrons. The lowest BCUT2D eigenvalue weighted by Gasteiger charge is -2.06. The van der Waals surface area contributed by atoms with Crippen molar-refractivity contribution in [1.29, 1.82) is 0 Å². The van der Waals surface area contributed by atoms with Crippen molar-refractivity contribution < 1.29 is 22.7 Å². The minimum atomic E-state index is -3.22. The van der Waals surface area contributed by atoms with Crippen LogP contribution < -0.4 is 5.32 Å². The van der Waals surface area contributed by atoms with Crippen molar-refractivity contribution >= 4 is 21.4 Å². The summed E-state index contributed by atoms with van der Waals surface area (Å²) in [6.45, 7) is 0.699. The average molecular weight is 287 g/mol. The molecule has 0 aliphatic heterocycles. The maximum atomic E-state index is 11.5. The van der Waals surface area contributed by atoms with E-state index in [1.807, 2.05) is 0 Å². The van der Waals surface area contributed by atoms with Crippen LogP contribution in [-0.4, -0.2) is 47.5 Å². The van der Waals surface area contributed by atoms with Gasteiger partial charge in [0.2, 0.25) is 5.91 Å². The Morgan fingerprint density at radius 3 is 2.37 bits per heavy atom. The first-order chi connectivity index (χ1) is 8.93. The van der Waals surface area contributed by atoms with Crippen LogP contribution in [0.25, 0.3) is 0 Å². The molecule has 1 aromatic rings. The van der Waals surface area contributed by atoms with E-state index in [9.17, 15) is 13.2 Å². The third-order valence-corrected chi connectivity index (χ3v) is 3.36. The zero-order valence-electron chi connectivity index (χ0n) is 10.9. The van der Waals surface area contributed by atoms with Crippen LogP contribution in [0.2, 0.25) is 0 Å². The molecule has 0 spiro atoms. The van der Waals surface area contributed by atoms with Gasteiger partial charge in [-0.3, -0.25) is 4.79 Å². The summed E-state index contributed by atoms with van der Waals surface area (Å²) in [6, 6.07) is 5.94. The summed E-state index contributed by atoms with van der Waals surface area (Å²) in [5, 5.41) is 2.60. The van der Waals surface area contributed by atoms with Crippen molar-refractivity contribution in [3.63, 3.8) is 0 Å². The molecule has 0 heterocycles. The van der Waals surface area contributed by atoms with Crippen molar-refractivity contribution in [3.05, 3.63) is 24.3 Å². The Morgan fingerprint density at radius 2 is 1.84 bits per heavy atom. The van der Waals surface area contributed by atoms with E-state index in [-0.39, 0.29) is 17.4 Å². The Morgan fingerprint density at radius 1 is 1.21 bits per heavy atom. The highest BCUT2D eigenvalue weighted by molar-refractivity contribution is 7.90. The lowest BCUT2D eigenvalue weighted by atomic mass is 10.3. The average Bonchev–Trinajstić information content (AvgIpc) is 2.34. The second-order valence-electron chi connectivity index (χ2n) is 3.89. The highest BCUT2D eigenvalue weighted by Gasteiger charge is 2.07. The fraction of sp³-hybridized carbons (Fsp3) is 0.417. The Kier molecular flexibility index (Phi) is 5.94. The molecular weight excluding hydrogens is 270 g/mol. The summed E-state index contributed by atoms with van der Waals surface area (Å²) < 4.78 is 32.3. The predicted molar refractivity (Wildman–Crippen MR) is 70.9 cm³/mol. The van der Waals surface area contributed by atoms with Crippen molar-refractivity contribution in [2.45, 2.75) is 4.90 Å². The standard InChI is InChI=1S/C12H17NO5S/c1-17-7-8-18-9-12(14)13-10-3-5-11(6-4-10)19(2,15)16/h3-6H,7-9H2,1-2H3,(H,13,14).